The Morgan fingerprint density at radius 1 is 1.26 bits per heavy atom. The van der Waals surface area contributed by atoms with E-state index in [0.29, 0.717) is 45.1 Å². The van der Waals surface area contributed by atoms with E-state index in [4.69, 9.17) is 5.73 Å². The number of amides is 2. The van der Waals surface area contributed by atoms with Gasteiger partial charge in [-0.25, -0.2) is 8.78 Å². The highest BCUT2D eigenvalue weighted by Gasteiger charge is 2.31. The van der Waals surface area contributed by atoms with E-state index >= 15 is 0 Å². The number of nitrogens with two attached hydrogens (primary N) is 1. The molecule has 0 aromatic heterocycles. The highest BCUT2D eigenvalue weighted by molar-refractivity contribution is 5.94. The molecule has 27 heavy (non-hydrogen) atoms. The molecule has 0 aliphatic carbocycles. The van der Waals surface area contributed by atoms with Crippen LogP contribution in [0.3, 0.4) is 0 Å². The van der Waals surface area contributed by atoms with Crippen molar-refractivity contribution in [1.29, 1.82) is 0 Å². The molecule has 152 valence electrons. The first-order valence-corrected chi connectivity index (χ1v) is 8.84. The number of piperidine rings is 1. The van der Waals surface area contributed by atoms with Crippen LogP contribution >= 0.6 is 12.4 Å². The first-order chi connectivity index (χ1) is 12.1. The molecule has 1 heterocycles. The zero-order valence-electron chi connectivity index (χ0n) is 16.0. The van der Waals surface area contributed by atoms with Crippen molar-refractivity contribution in [3.05, 3.63) is 35.4 Å². The smallest absolute Gasteiger partial charge is 0.256 e. The van der Waals surface area contributed by atoms with Gasteiger partial charge in [-0.1, -0.05) is 13.8 Å². The molecule has 1 aliphatic rings. The van der Waals surface area contributed by atoms with E-state index in [1.165, 1.54) is 4.90 Å². The third kappa shape index (κ3) is 5.87. The van der Waals surface area contributed by atoms with Gasteiger partial charge in [0.05, 0.1) is 5.56 Å². The fraction of sp³-hybridized carbons (Fsp3) is 0.579. The number of likely N-dealkylation sites (tertiary alicyclic amines) is 1. The number of hydrogen-bond acceptors (Lipinski definition) is 3. The molecule has 0 saturated carbocycles. The highest BCUT2D eigenvalue weighted by atomic mass is 35.5. The van der Waals surface area contributed by atoms with Crippen molar-refractivity contribution in [2.24, 2.45) is 17.1 Å². The fourth-order valence-electron chi connectivity index (χ4n) is 3.26. The predicted molar refractivity (Wildman–Crippen MR) is 103 cm³/mol. The van der Waals surface area contributed by atoms with E-state index in [0.717, 1.165) is 12.1 Å². The van der Waals surface area contributed by atoms with E-state index in [9.17, 15) is 18.4 Å². The lowest BCUT2D eigenvalue weighted by atomic mass is 9.91. The summed E-state index contributed by atoms with van der Waals surface area (Å²) in [6, 6.07) is 2.94. The number of carbonyl (C=O) groups is 2. The minimum atomic E-state index is -0.864. The molecule has 1 aliphatic heterocycles. The summed E-state index contributed by atoms with van der Waals surface area (Å²) in [4.78, 5) is 28.3. The summed E-state index contributed by atoms with van der Waals surface area (Å²) in [5.74, 6) is -2.16. The van der Waals surface area contributed by atoms with Crippen LogP contribution in [-0.4, -0.2) is 54.8 Å². The third-order valence-electron chi connectivity index (χ3n) is 4.89. The van der Waals surface area contributed by atoms with E-state index in [-0.39, 0.29) is 35.2 Å². The Balaban J connectivity index is 0.00000364. The standard InChI is InChI=1S/C19H27F2N3O2.ClH/c1-19(2,11-22)12-23(3)17(25)13-6-8-24(9-7-13)18(26)15-5-4-14(20)10-16(15)21;/h4-5,10,13H,6-9,11-12,22H2,1-3H3;1H. The molecule has 0 spiro atoms. The summed E-state index contributed by atoms with van der Waals surface area (Å²) in [6.07, 6.45) is 1.06. The van der Waals surface area contributed by atoms with Gasteiger partial charge in [0.1, 0.15) is 11.6 Å². The van der Waals surface area contributed by atoms with E-state index < -0.39 is 17.5 Å². The van der Waals surface area contributed by atoms with Crippen LogP contribution in [0.2, 0.25) is 0 Å². The Morgan fingerprint density at radius 3 is 2.37 bits per heavy atom. The first kappa shape index (κ1) is 23.3. The molecule has 8 heteroatoms. The minimum Gasteiger partial charge on any atom is -0.345 e. The van der Waals surface area contributed by atoms with E-state index in [1.54, 1.807) is 11.9 Å². The molecule has 2 N–H and O–H groups in total. The predicted octanol–water partition coefficient (Wildman–Crippen LogP) is 2.68. The second-order valence-corrected chi connectivity index (χ2v) is 7.75. The van der Waals surface area contributed by atoms with Crippen LogP contribution in [0.25, 0.3) is 0 Å². The van der Waals surface area contributed by atoms with Gasteiger partial charge in [0.15, 0.2) is 0 Å². The van der Waals surface area contributed by atoms with E-state index in [2.05, 4.69) is 0 Å². The van der Waals surface area contributed by atoms with Gasteiger partial charge in [-0.2, -0.15) is 0 Å². The average Bonchev–Trinajstić information content (AvgIpc) is 2.60. The van der Waals surface area contributed by atoms with Crippen LogP contribution in [0.5, 0.6) is 0 Å². The summed E-state index contributed by atoms with van der Waals surface area (Å²) < 4.78 is 26.8. The van der Waals surface area contributed by atoms with Gasteiger partial charge in [-0.3, -0.25) is 9.59 Å². The number of rotatable bonds is 5. The van der Waals surface area contributed by atoms with E-state index in [1.807, 2.05) is 13.8 Å². The monoisotopic (exact) mass is 403 g/mol. The Hall–Kier alpha value is -1.73. The zero-order chi connectivity index (χ0) is 19.5. The Kier molecular flexibility index (Phi) is 8.17. The SMILES string of the molecule is CN(CC(C)(C)CN)C(=O)C1CCN(C(=O)c2ccc(F)cc2F)CC1.Cl. The molecule has 0 radical (unpaired) electrons. The van der Waals surface area contributed by atoms with Crippen molar-refractivity contribution in [2.45, 2.75) is 26.7 Å². The Morgan fingerprint density at radius 2 is 1.85 bits per heavy atom. The summed E-state index contributed by atoms with van der Waals surface area (Å²) in [7, 11) is 1.77. The Labute approximate surface area is 165 Å². The average molecular weight is 404 g/mol. The summed E-state index contributed by atoms with van der Waals surface area (Å²) >= 11 is 0. The van der Waals surface area contributed by atoms with Crippen molar-refractivity contribution in [3.8, 4) is 0 Å². The molecule has 2 amide bonds. The minimum absolute atomic E-state index is 0. The zero-order valence-corrected chi connectivity index (χ0v) is 16.8. The third-order valence-corrected chi connectivity index (χ3v) is 4.89. The maximum atomic E-state index is 13.8. The molecule has 0 bridgehead atoms. The van der Waals surface area contributed by atoms with Gasteiger partial charge in [0, 0.05) is 38.7 Å². The summed E-state index contributed by atoms with van der Waals surface area (Å²) in [5, 5.41) is 0. The quantitative estimate of drug-likeness (QED) is 0.821. The van der Waals surface area contributed by atoms with Gasteiger partial charge < -0.3 is 15.5 Å². The summed E-state index contributed by atoms with van der Waals surface area (Å²) in [6.45, 7) is 5.83. The van der Waals surface area contributed by atoms with Crippen LogP contribution in [0.1, 0.15) is 37.0 Å². The lowest BCUT2D eigenvalue weighted by molar-refractivity contribution is -0.136. The molecular formula is C19H28ClF2N3O2. The summed E-state index contributed by atoms with van der Waals surface area (Å²) in [5.41, 5.74) is 5.43. The number of halogens is 3. The van der Waals surface area contributed by atoms with Crippen LogP contribution in [0.4, 0.5) is 8.78 Å². The molecule has 2 rings (SSSR count). The molecular weight excluding hydrogens is 376 g/mol. The fourth-order valence-corrected chi connectivity index (χ4v) is 3.26. The second-order valence-electron chi connectivity index (χ2n) is 7.75. The Bertz CT molecular complexity index is 677. The highest BCUT2D eigenvalue weighted by Crippen LogP contribution is 2.23. The topological polar surface area (TPSA) is 66.6 Å². The van der Waals surface area contributed by atoms with Gasteiger partial charge in [-0.05, 0) is 36.9 Å². The van der Waals surface area contributed by atoms with Crippen molar-refractivity contribution < 1.29 is 18.4 Å². The van der Waals surface area contributed by atoms with Crippen molar-refractivity contribution in [3.63, 3.8) is 0 Å². The second kappa shape index (κ2) is 9.46. The first-order valence-electron chi connectivity index (χ1n) is 8.84. The maximum Gasteiger partial charge on any atom is 0.256 e. The molecule has 1 fully saturated rings. The molecule has 0 unspecified atom stereocenters. The number of benzene rings is 1. The normalized spacial score (nSPS) is 15.3. The van der Waals surface area contributed by atoms with Crippen molar-refractivity contribution >= 4 is 24.2 Å². The van der Waals surface area contributed by atoms with Crippen molar-refractivity contribution in [1.82, 2.24) is 9.80 Å². The molecule has 5 nitrogen and oxygen atoms in total. The lowest BCUT2D eigenvalue weighted by Gasteiger charge is -2.35. The van der Waals surface area contributed by atoms with Crippen LogP contribution in [-0.2, 0) is 4.79 Å². The lowest BCUT2D eigenvalue weighted by Crippen LogP contribution is -2.46. The largest absolute Gasteiger partial charge is 0.345 e. The van der Waals surface area contributed by atoms with Gasteiger partial charge in [0.25, 0.3) is 5.91 Å². The number of carbonyl (C=O) groups excluding carboxylic acids is 2. The van der Waals surface area contributed by atoms with Gasteiger partial charge >= 0.3 is 0 Å². The maximum absolute atomic E-state index is 13.8. The molecule has 1 aromatic carbocycles. The number of nitrogens with zero attached hydrogens (tertiary/aromatic N) is 2. The molecule has 1 aromatic rings. The number of hydrogen-bond donors (Lipinski definition) is 1. The van der Waals surface area contributed by atoms with Crippen molar-refractivity contribution in [2.75, 3.05) is 33.2 Å². The van der Waals surface area contributed by atoms with Crippen LogP contribution < -0.4 is 5.73 Å². The van der Waals surface area contributed by atoms with Gasteiger partial charge in [-0.15, -0.1) is 12.4 Å². The van der Waals surface area contributed by atoms with Gasteiger partial charge in [0.2, 0.25) is 5.91 Å². The van der Waals surface area contributed by atoms with Crippen LogP contribution in [0.15, 0.2) is 18.2 Å². The molecule has 0 atom stereocenters. The van der Waals surface area contributed by atoms with Crippen LogP contribution in [0, 0.1) is 23.0 Å². The molecule has 1 saturated heterocycles.